The molecule has 0 spiro atoms. The second kappa shape index (κ2) is 6.07. The van der Waals surface area contributed by atoms with E-state index in [1.807, 2.05) is 0 Å². The number of hydrogen-bond donors (Lipinski definition) is 1. The van der Waals surface area contributed by atoms with E-state index in [4.69, 9.17) is 4.74 Å². The van der Waals surface area contributed by atoms with Crippen LogP contribution in [0.4, 0.5) is 5.13 Å². The van der Waals surface area contributed by atoms with Crippen LogP contribution in [0.15, 0.2) is 0 Å². The molecule has 0 aromatic carbocycles. The zero-order chi connectivity index (χ0) is 12.1. The van der Waals surface area contributed by atoms with Gasteiger partial charge in [0.25, 0.3) is 5.91 Å². The topological polar surface area (TPSA) is 64.1 Å². The largest absolute Gasteiger partial charge is 0.368 e. The van der Waals surface area contributed by atoms with Crippen LogP contribution in [0, 0.1) is 0 Å². The van der Waals surface area contributed by atoms with Gasteiger partial charge in [-0.2, -0.15) is 0 Å². The van der Waals surface area contributed by atoms with Crippen LogP contribution in [-0.2, 0) is 16.0 Å². The van der Waals surface area contributed by atoms with Crippen molar-refractivity contribution in [3.63, 3.8) is 0 Å². The quantitative estimate of drug-likeness (QED) is 0.874. The van der Waals surface area contributed by atoms with Crippen LogP contribution in [0.25, 0.3) is 0 Å². The smallest absolute Gasteiger partial charge is 0.255 e. The van der Waals surface area contributed by atoms with Crippen molar-refractivity contribution in [2.24, 2.45) is 0 Å². The molecule has 5 nitrogen and oxygen atoms in total. The number of aromatic nitrogens is 2. The molecule has 0 radical (unpaired) electrons. The Hall–Kier alpha value is -1.01. The number of hydrogen-bond acceptors (Lipinski definition) is 5. The van der Waals surface area contributed by atoms with Gasteiger partial charge >= 0.3 is 0 Å². The molecule has 0 unspecified atom stereocenters. The molecule has 1 aliphatic heterocycles. The number of amides is 1. The molecule has 0 aliphatic carbocycles. The molecular weight excluding hydrogens is 238 g/mol. The highest BCUT2D eigenvalue weighted by molar-refractivity contribution is 7.15. The average molecular weight is 255 g/mol. The van der Waals surface area contributed by atoms with Crippen molar-refractivity contribution in [3.05, 3.63) is 5.01 Å². The maximum Gasteiger partial charge on any atom is 0.255 e. The predicted molar refractivity (Wildman–Crippen MR) is 66.1 cm³/mol. The first-order chi connectivity index (χ1) is 8.29. The Morgan fingerprint density at radius 2 is 2.47 bits per heavy atom. The number of nitrogens with zero attached hydrogens (tertiary/aromatic N) is 2. The van der Waals surface area contributed by atoms with E-state index in [-0.39, 0.29) is 12.0 Å². The number of carbonyl (C=O) groups is 1. The van der Waals surface area contributed by atoms with Gasteiger partial charge in [-0.1, -0.05) is 24.7 Å². The van der Waals surface area contributed by atoms with E-state index in [9.17, 15) is 4.79 Å². The van der Waals surface area contributed by atoms with Crippen molar-refractivity contribution in [2.45, 2.75) is 45.1 Å². The van der Waals surface area contributed by atoms with Crippen LogP contribution < -0.4 is 5.32 Å². The van der Waals surface area contributed by atoms with Gasteiger partial charge in [0.05, 0.1) is 0 Å². The lowest BCUT2D eigenvalue weighted by Gasteiger charge is -2.06. The highest BCUT2D eigenvalue weighted by Gasteiger charge is 2.24. The van der Waals surface area contributed by atoms with E-state index in [1.54, 1.807) is 0 Å². The first kappa shape index (κ1) is 12.4. The molecule has 1 saturated heterocycles. The first-order valence-corrected chi connectivity index (χ1v) is 6.86. The van der Waals surface area contributed by atoms with E-state index < -0.39 is 0 Å². The summed E-state index contributed by atoms with van der Waals surface area (Å²) in [4.78, 5) is 11.7. The molecule has 2 rings (SSSR count). The van der Waals surface area contributed by atoms with E-state index in [1.165, 1.54) is 11.3 Å². The predicted octanol–water partition coefficient (Wildman–Crippen LogP) is 2.00. The Bertz CT molecular complexity index is 375. The molecule has 1 amide bonds. The van der Waals surface area contributed by atoms with Crippen molar-refractivity contribution in [3.8, 4) is 0 Å². The van der Waals surface area contributed by atoms with Gasteiger partial charge in [0.2, 0.25) is 5.13 Å². The minimum atomic E-state index is -0.307. The summed E-state index contributed by atoms with van der Waals surface area (Å²) in [5.74, 6) is -0.0966. The van der Waals surface area contributed by atoms with Gasteiger partial charge in [-0.15, -0.1) is 10.2 Å². The molecule has 0 bridgehead atoms. The van der Waals surface area contributed by atoms with E-state index in [0.29, 0.717) is 11.7 Å². The fraction of sp³-hybridized carbons (Fsp3) is 0.727. The van der Waals surface area contributed by atoms with Crippen molar-refractivity contribution in [2.75, 3.05) is 11.9 Å². The highest BCUT2D eigenvalue weighted by Crippen LogP contribution is 2.19. The van der Waals surface area contributed by atoms with Gasteiger partial charge in [0.15, 0.2) is 0 Å². The molecule has 17 heavy (non-hydrogen) atoms. The van der Waals surface area contributed by atoms with Gasteiger partial charge in [-0.25, -0.2) is 0 Å². The first-order valence-electron chi connectivity index (χ1n) is 6.04. The zero-order valence-corrected chi connectivity index (χ0v) is 10.8. The Kier molecular flexibility index (Phi) is 4.44. The molecule has 6 heteroatoms. The summed E-state index contributed by atoms with van der Waals surface area (Å²) in [5, 5.41) is 12.3. The number of nitrogens with one attached hydrogen (secondary N) is 1. The van der Waals surface area contributed by atoms with Crippen LogP contribution in [0.3, 0.4) is 0 Å². The van der Waals surface area contributed by atoms with E-state index in [2.05, 4.69) is 22.4 Å². The molecule has 94 valence electrons. The summed E-state index contributed by atoms with van der Waals surface area (Å²) in [6.45, 7) is 2.82. The third-order valence-corrected chi connectivity index (χ3v) is 3.56. The van der Waals surface area contributed by atoms with Gasteiger partial charge in [-0.3, -0.25) is 10.1 Å². The maximum atomic E-state index is 11.7. The van der Waals surface area contributed by atoms with Gasteiger partial charge in [0.1, 0.15) is 11.1 Å². The highest BCUT2D eigenvalue weighted by atomic mass is 32.1. The van der Waals surface area contributed by atoms with Crippen LogP contribution in [0.2, 0.25) is 0 Å². The lowest BCUT2D eigenvalue weighted by atomic mass is 10.2. The Labute approximate surface area is 105 Å². The van der Waals surface area contributed by atoms with Gasteiger partial charge in [-0.05, 0) is 19.3 Å². The molecule has 1 aromatic heterocycles. The average Bonchev–Trinajstić information content (AvgIpc) is 2.97. The third kappa shape index (κ3) is 3.47. The fourth-order valence-corrected chi connectivity index (χ4v) is 2.49. The zero-order valence-electron chi connectivity index (χ0n) is 9.94. The Morgan fingerprint density at radius 1 is 1.59 bits per heavy atom. The summed E-state index contributed by atoms with van der Waals surface area (Å²) in [6, 6.07) is 0. The Balaban J connectivity index is 1.85. The summed E-state index contributed by atoms with van der Waals surface area (Å²) < 4.78 is 5.30. The number of anilines is 1. The molecule has 1 N–H and O–H groups in total. The van der Waals surface area contributed by atoms with E-state index in [0.717, 1.165) is 37.1 Å². The lowest BCUT2D eigenvalue weighted by Crippen LogP contribution is -2.26. The van der Waals surface area contributed by atoms with Crippen molar-refractivity contribution in [1.29, 1.82) is 0 Å². The summed E-state index contributed by atoms with van der Waals surface area (Å²) in [5.41, 5.74) is 0. The number of rotatable bonds is 5. The second-order valence-corrected chi connectivity index (χ2v) is 5.16. The lowest BCUT2D eigenvalue weighted by molar-refractivity contribution is -0.124. The normalized spacial score (nSPS) is 19.5. The molecule has 1 aromatic rings. The fourth-order valence-electron chi connectivity index (χ4n) is 1.70. The standard InChI is InChI=1S/C11H17N3O2S/c1-2-3-6-9-13-14-11(17-9)12-10(15)8-5-4-7-16-8/h8H,2-7H2,1H3,(H,12,14,15)/t8-/m1/s1. The number of aryl methyl sites for hydroxylation is 1. The molecular formula is C11H17N3O2S. The van der Waals surface area contributed by atoms with Crippen LogP contribution in [0.1, 0.15) is 37.6 Å². The number of unbranched alkanes of at least 4 members (excludes halogenated alkanes) is 1. The second-order valence-electron chi connectivity index (χ2n) is 4.10. The van der Waals surface area contributed by atoms with Crippen molar-refractivity contribution in [1.82, 2.24) is 10.2 Å². The van der Waals surface area contributed by atoms with Gasteiger partial charge in [0, 0.05) is 13.0 Å². The van der Waals surface area contributed by atoms with Crippen molar-refractivity contribution < 1.29 is 9.53 Å². The molecule has 0 saturated carbocycles. The molecule has 1 atom stereocenters. The Morgan fingerprint density at radius 3 is 3.18 bits per heavy atom. The number of carbonyl (C=O) groups excluding carboxylic acids is 1. The maximum absolute atomic E-state index is 11.7. The number of ether oxygens (including phenoxy) is 1. The van der Waals surface area contributed by atoms with Crippen molar-refractivity contribution >= 4 is 22.4 Å². The summed E-state index contributed by atoms with van der Waals surface area (Å²) in [6.07, 6.45) is 4.62. The SMILES string of the molecule is CCCCc1nnc(NC(=O)[C@H]2CCCO2)s1. The summed E-state index contributed by atoms with van der Waals surface area (Å²) in [7, 11) is 0. The molecule has 2 heterocycles. The van der Waals surface area contributed by atoms with E-state index >= 15 is 0 Å². The van der Waals surface area contributed by atoms with Gasteiger partial charge < -0.3 is 4.74 Å². The minimum Gasteiger partial charge on any atom is -0.368 e. The minimum absolute atomic E-state index is 0.0966. The third-order valence-electron chi connectivity index (χ3n) is 2.66. The van der Waals surface area contributed by atoms with Crippen LogP contribution in [0.5, 0.6) is 0 Å². The van der Waals surface area contributed by atoms with Crippen LogP contribution in [-0.4, -0.2) is 28.8 Å². The monoisotopic (exact) mass is 255 g/mol. The summed E-state index contributed by atoms with van der Waals surface area (Å²) >= 11 is 1.45. The molecule has 1 aliphatic rings. The molecule has 1 fully saturated rings. The van der Waals surface area contributed by atoms with Crippen LogP contribution >= 0.6 is 11.3 Å².